The van der Waals surface area contributed by atoms with Crippen LogP contribution in [0, 0.1) is 0 Å². The topological polar surface area (TPSA) is 57.5 Å². The predicted octanol–water partition coefficient (Wildman–Crippen LogP) is 7.16. The Morgan fingerprint density at radius 1 is 0.625 bits per heavy atom. The highest BCUT2D eigenvalue weighted by Gasteiger charge is 1.97. The van der Waals surface area contributed by atoms with Gasteiger partial charge in [-0.05, 0) is 32.3 Å². The molecule has 0 fully saturated rings. The molecule has 24 heavy (non-hydrogen) atoms. The SMILES string of the molecule is C/C(O)=C/CCCCCCCCCCCCCCCCCC(=O)O. The zero-order valence-corrected chi connectivity index (χ0v) is 15.9. The van der Waals surface area contributed by atoms with E-state index >= 15 is 0 Å². The highest BCUT2D eigenvalue weighted by atomic mass is 16.4. The van der Waals surface area contributed by atoms with Crippen LogP contribution in [0.15, 0.2) is 11.8 Å². The molecule has 142 valence electrons. The summed E-state index contributed by atoms with van der Waals surface area (Å²) in [6, 6.07) is 0. The van der Waals surface area contributed by atoms with Crippen LogP contribution in [0.2, 0.25) is 0 Å². The smallest absolute Gasteiger partial charge is 0.303 e. The minimum absolute atomic E-state index is 0.333. The van der Waals surface area contributed by atoms with Crippen LogP contribution in [0.4, 0.5) is 0 Å². The standard InChI is InChI=1S/C21H40O3/c1-20(22)18-16-14-12-10-8-6-4-2-3-5-7-9-11-13-15-17-19-21(23)24/h18,22H,2-17,19H2,1H3,(H,23,24)/b20-18-. The summed E-state index contributed by atoms with van der Waals surface area (Å²) in [5.74, 6) is -0.211. The third kappa shape index (κ3) is 21.0. The summed E-state index contributed by atoms with van der Waals surface area (Å²) in [6.07, 6.45) is 22.3. The molecule has 0 atom stereocenters. The summed E-state index contributed by atoms with van der Waals surface area (Å²) in [5, 5.41) is 17.6. The number of allylic oxidation sites excluding steroid dienone is 2. The first-order valence-corrected chi connectivity index (χ1v) is 10.2. The van der Waals surface area contributed by atoms with Gasteiger partial charge in [-0.15, -0.1) is 0 Å². The monoisotopic (exact) mass is 340 g/mol. The molecule has 0 aromatic rings. The van der Waals surface area contributed by atoms with Gasteiger partial charge in [0.05, 0.1) is 5.76 Å². The third-order valence-electron chi connectivity index (χ3n) is 4.53. The Morgan fingerprint density at radius 2 is 0.958 bits per heavy atom. The fourth-order valence-electron chi connectivity index (χ4n) is 3.03. The number of aliphatic carboxylic acids is 1. The van der Waals surface area contributed by atoms with E-state index in [-0.39, 0.29) is 0 Å². The van der Waals surface area contributed by atoms with Gasteiger partial charge in [0.1, 0.15) is 0 Å². The first-order valence-electron chi connectivity index (χ1n) is 10.2. The van der Waals surface area contributed by atoms with Crippen LogP contribution in [0.3, 0.4) is 0 Å². The van der Waals surface area contributed by atoms with E-state index in [1.165, 1.54) is 83.5 Å². The number of carboxylic acids is 1. The van der Waals surface area contributed by atoms with Gasteiger partial charge in [0, 0.05) is 6.42 Å². The fourth-order valence-corrected chi connectivity index (χ4v) is 3.03. The lowest BCUT2D eigenvalue weighted by molar-refractivity contribution is -0.137. The minimum Gasteiger partial charge on any atom is -0.513 e. The summed E-state index contributed by atoms with van der Waals surface area (Å²) in [7, 11) is 0. The zero-order chi connectivity index (χ0) is 17.9. The van der Waals surface area contributed by atoms with Gasteiger partial charge in [0.2, 0.25) is 0 Å². The first kappa shape index (κ1) is 23.0. The maximum Gasteiger partial charge on any atom is 0.303 e. The second kappa shape index (κ2) is 18.4. The Labute approximate surface area is 149 Å². The maximum absolute atomic E-state index is 10.4. The Morgan fingerprint density at radius 3 is 1.29 bits per heavy atom. The lowest BCUT2D eigenvalue weighted by atomic mass is 10.0. The molecule has 0 saturated carbocycles. The van der Waals surface area contributed by atoms with Gasteiger partial charge in [-0.2, -0.15) is 0 Å². The van der Waals surface area contributed by atoms with E-state index in [9.17, 15) is 4.79 Å². The van der Waals surface area contributed by atoms with E-state index in [1.807, 2.05) is 6.08 Å². The van der Waals surface area contributed by atoms with Gasteiger partial charge in [-0.25, -0.2) is 0 Å². The van der Waals surface area contributed by atoms with Crippen molar-refractivity contribution in [3.05, 3.63) is 11.8 Å². The molecular weight excluding hydrogens is 300 g/mol. The van der Waals surface area contributed by atoms with Gasteiger partial charge < -0.3 is 10.2 Å². The van der Waals surface area contributed by atoms with Crippen molar-refractivity contribution < 1.29 is 15.0 Å². The normalized spacial score (nSPS) is 11.8. The van der Waals surface area contributed by atoms with E-state index in [4.69, 9.17) is 10.2 Å². The number of rotatable bonds is 18. The van der Waals surface area contributed by atoms with Crippen molar-refractivity contribution in [3.63, 3.8) is 0 Å². The van der Waals surface area contributed by atoms with E-state index in [0.717, 1.165) is 19.3 Å². The molecule has 0 aliphatic heterocycles. The summed E-state index contributed by atoms with van der Waals surface area (Å²) >= 11 is 0. The van der Waals surface area contributed by atoms with Crippen LogP contribution in [0.5, 0.6) is 0 Å². The molecule has 0 saturated heterocycles. The number of unbranched alkanes of at least 4 members (excludes halogenated alkanes) is 15. The number of aliphatic hydroxyl groups excluding tert-OH is 1. The molecule has 0 aliphatic carbocycles. The molecule has 0 heterocycles. The molecule has 0 amide bonds. The Kier molecular flexibility index (Phi) is 17.6. The van der Waals surface area contributed by atoms with Crippen molar-refractivity contribution in [1.82, 2.24) is 0 Å². The summed E-state index contributed by atoms with van der Waals surface area (Å²) in [5.41, 5.74) is 0. The van der Waals surface area contributed by atoms with Crippen LogP contribution in [-0.2, 0) is 4.79 Å². The van der Waals surface area contributed by atoms with Crippen molar-refractivity contribution in [2.24, 2.45) is 0 Å². The Balaban J connectivity index is 3.03. The van der Waals surface area contributed by atoms with Gasteiger partial charge in [0.15, 0.2) is 0 Å². The molecule has 3 heteroatoms. The summed E-state index contributed by atoms with van der Waals surface area (Å²) in [6.45, 7) is 1.74. The number of aliphatic hydroxyl groups is 1. The number of carboxylic acid groups (broad SMARTS) is 1. The highest BCUT2D eigenvalue weighted by molar-refractivity contribution is 5.66. The molecule has 0 bridgehead atoms. The van der Waals surface area contributed by atoms with Crippen LogP contribution < -0.4 is 0 Å². The van der Waals surface area contributed by atoms with Gasteiger partial charge in [-0.1, -0.05) is 83.5 Å². The molecule has 3 nitrogen and oxygen atoms in total. The van der Waals surface area contributed by atoms with Gasteiger partial charge >= 0.3 is 5.97 Å². The molecule has 0 aromatic carbocycles. The molecule has 2 N–H and O–H groups in total. The molecular formula is C21H40O3. The molecule has 0 rings (SSSR count). The average Bonchev–Trinajstić information content (AvgIpc) is 2.53. The van der Waals surface area contributed by atoms with E-state index < -0.39 is 5.97 Å². The summed E-state index contributed by atoms with van der Waals surface area (Å²) in [4.78, 5) is 10.4. The number of carbonyl (C=O) groups is 1. The van der Waals surface area contributed by atoms with E-state index in [0.29, 0.717) is 12.2 Å². The van der Waals surface area contributed by atoms with E-state index in [1.54, 1.807) is 6.92 Å². The number of hydrogen-bond acceptors (Lipinski definition) is 2. The lowest BCUT2D eigenvalue weighted by Gasteiger charge is -2.03. The molecule has 0 radical (unpaired) electrons. The Bertz CT molecular complexity index is 306. The van der Waals surface area contributed by atoms with Crippen LogP contribution in [0.25, 0.3) is 0 Å². The Hall–Kier alpha value is -0.990. The third-order valence-corrected chi connectivity index (χ3v) is 4.53. The minimum atomic E-state index is -0.663. The molecule has 0 spiro atoms. The number of hydrogen-bond donors (Lipinski definition) is 2. The quantitative estimate of drug-likeness (QED) is 0.205. The van der Waals surface area contributed by atoms with Crippen molar-refractivity contribution in [2.45, 2.75) is 116 Å². The van der Waals surface area contributed by atoms with Crippen LogP contribution in [0.1, 0.15) is 116 Å². The zero-order valence-electron chi connectivity index (χ0n) is 15.9. The van der Waals surface area contributed by atoms with Gasteiger partial charge in [0.25, 0.3) is 0 Å². The van der Waals surface area contributed by atoms with Crippen molar-refractivity contribution in [2.75, 3.05) is 0 Å². The molecule has 0 aliphatic rings. The van der Waals surface area contributed by atoms with Crippen molar-refractivity contribution >= 4 is 5.97 Å². The summed E-state index contributed by atoms with van der Waals surface area (Å²) < 4.78 is 0. The first-order chi connectivity index (χ1) is 11.6. The fraction of sp³-hybridized carbons (Fsp3) is 0.857. The average molecular weight is 341 g/mol. The maximum atomic E-state index is 10.4. The molecule has 0 unspecified atom stereocenters. The van der Waals surface area contributed by atoms with Gasteiger partial charge in [-0.3, -0.25) is 4.79 Å². The molecule has 0 aromatic heterocycles. The highest BCUT2D eigenvalue weighted by Crippen LogP contribution is 2.14. The second-order valence-corrected chi connectivity index (χ2v) is 7.08. The van der Waals surface area contributed by atoms with E-state index in [2.05, 4.69) is 0 Å². The largest absolute Gasteiger partial charge is 0.513 e. The van der Waals surface area contributed by atoms with Crippen molar-refractivity contribution in [1.29, 1.82) is 0 Å². The van der Waals surface area contributed by atoms with Crippen LogP contribution >= 0.6 is 0 Å². The lowest BCUT2D eigenvalue weighted by Crippen LogP contribution is -1.93. The predicted molar refractivity (Wildman–Crippen MR) is 103 cm³/mol. The van der Waals surface area contributed by atoms with Crippen molar-refractivity contribution in [3.8, 4) is 0 Å². The second-order valence-electron chi connectivity index (χ2n) is 7.08. The van der Waals surface area contributed by atoms with Crippen LogP contribution in [-0.4, -0.2) is 16.2 Å².